The minimum atomic E-state index is -0.189. The van der Waals surface area contributed by atoms with Gasteiger partial charge in [0.1, 0.15) is 0 Å². The second-order valence-corrected chi connectivity index (χ2v) is 8.03. The van der Waals surface area contributed by atoms with Crippen molar-refractivity contribution in [3.05, 3.63) is 59.7 Å². The summed E-state index contributed by atoms with van der Waals surface area (Å²) in [6, 6.07) is 14.9. The van der Waals surface area contributed by atoms with Gasteiger partial charge in [-0.2, -0.15) is 0 Å². The van der Waals surface area contributed by atoms with Gasteiger partial charge in [-0.15, -0.1) is 0 Å². The van der Waals surface area contributed by atoms with E-state index in [4.69, 9.17) is 0 Å². The van der Waals surface area contributed by atoms with E-state index < -0.39 is 0 Å². The lowest BCUT2D eigenvalue weighted by atomic mass is 9.87. The highest BCUT2D eigenvalue weighted by Gasteiger charge is 2.16. The van der Waals surface area contributed by atoms with Crippen LogP contribution in [0.4, 0.5) is 10.5 Å². The molecule has 4 nitrogen and oxygen atoms in total. The smallest absolute Gasteiger partial charge is 0.286 e. The molecule has 0 saturated carbocycles. The predicted octanol–water partition coefficient (Wildman–Crippen LogP) is 5.01. The molecule has 25 heavy (non-hydrogen) atoms. The summed E-state index contributed by atoms with van der Waals surface area (Å²) in [5.41, 5.74) is 2.45. The molecule has 5 heteroatoms. The summed E-state index contributed by atoms with van der Waals surface area (Å²) in [7, 11) is 3.40. The maximum Gasteiger partial charge on any atom is 0.286 e. The molecule has 0 aliphatic rings. The molecule has 0 aliphatic carbocycles. The largest absolute Gasteiger partial charge is 0.339 e. The molecule has 0 unspecified atom stereocenters. The Morgan fingerprint density at radius 1 is 0.960 bits per heavy atom. The Bertz CT molecular complexity index is 762. The molecule has 0 aromatic heterocycles. The summed E-state index contributed by atoms with van der Waals surface area (Å²) in [4.78, 5) is 26.7. The van der Waals surface area contributed by atoms with E-state index in [9.17, 15) is 9.59 Å². The van der Waals surface area contributed by atoms with E-state index in [2.05, 4.69) is 26.1 Å². The van der Waals surface area contributed by atoms with Gasteiger partial charge in [-0.1, -0.05) is 45.0 Å². The fourth-order valence-corrected chi connectivity index (χ4v) is 2.91. The Morgan fingerprint density at radius 3 is 2.12 bits per heavy atom. The summed E-state index contributed by atoms with van der Waals surface area (Å²) in [6.45, 7) is 6.41. The lowest BCUT2D eigenvalue weighted by molar-refractivity contribution is 0.102. The SMILES string of the molecule is CN(C)C(=O)Sc1ccccc1NC(=O)c1ccc(C(C)(C)C)cc1. The molecule has 0 spiro atoms. The predicted molar refractivity (Wildman–Crippen MR) is 104 cm³/mol. The quantitative estimate of drug-likeness (QED) is 0.787. The van der Waals surface area contributed by atoms with Crippen LogP contribution >= 0.6 is 11.8 Å². The number of rotatable bonds is 3. The first-order valence-electron chi connectivity index (χ1n) is 8.08. The third-order valence-electron chi connectivity index (χ3n) is 3.71. The van der Waals surface area contributed by atoms with Crippen LogP contribution < -0.4 is 5.32 Å². The third-order valence-corrected chi connectivity index (χ3v) is 4.83. The Morgan fingerprint density at radius 2 is 1.56 bits per heavy atom. The van der Waals surface area contributed by atoms with Crippen molar-refractivity contribution < 1.29 is 9.59 Å². The highest BCUT2D eigenvalue weighted by Crippen LogP contribution is 2.29. The molecule has 0 bridgehead atoms. The minimum absolute atomic E-state index is 0.0464. The van der Waals surface area contributed by atoms with Gasteiger partial charge in [0.2, 0.25) is 0 Å². The highest BCUT2D eigenvalue weighted by molar-refractivity contribution is 8.13. The first-order valence-corrected chi connectivity index (χ1v) is 8.90. The normalized spacial score (nSPS) is 11.1. The summed E-state index contributed by atoms with van der Waals surface area (Å²) in [5, 5.41) is 2.81. The van der Waals surface area contributed by atoms with Gasteiger partial charge in [0.25, 0.3) is 11.1 Å². The number of carbonyl (C=O) groups is 2. The minimum Gasteiger partial charge on any atom is -0.339 e. The van der Waals surface area contributed by atoms with Crippen molar-refractivity contribution in [3.8, 4) is 0 Å². The molecule has 2 rings (SSSR count). The Kier molecular flexibility index (Phi) is 5.90. The van der Waals surface area contributed by atoms with Crippen molar-refractivity contribution in [2.75, 3.05) is 19.4 Å². The van der Waals surface area contributed by atoms with Crippen LogP contribution in [0.15, 0.2) is 53.4 Å². The number of amides is 2. The fraction of sp³-hybridized carbons (Fsp3) is 0.300. The average molecular weight is 356 g/mol. The number of para-hydroxylation sites is 1. The van der Waals surface area contributed by atoms with Gasteiger partial charge in [-0.3, -0.25) is 9.59 Å². The van der Waals surface area contributed by atoms with Crippen molar-refractivity contribution in [2.45, 2.75) is 31.1 Å². The average Bonchev–Trinajstić information content (AvgIpc) is 2.55. The number of nitrogens with zero attached hydrogens (tertiary/aromatic N) is 1. The lowest BCUT2D eigenvalue weighted by Crippen LogP contribution is -2.17. The van der Waals surface area contributed by atoms with E-state index in [1.54, 1.807) is 20.2 Å². The van der Waals surface area contributed by atoms with Crippen molar-refractivity contribution >= 4 is 28.6 Å². The molecule has 0 saturated heterocycles. The van der Waals surface area contributed by atoms with Crippen LogP contribution in [0.5, 0.6) is 0 Å². The number of thioether (sulfide) groups is 1. The molecular formula is C20H24N2O2S. The highest BCUT2D eigenvalue weighted by atomic mass is 32.2. The van der Waals surface area contributed by atoms with Gasteiger partial charge in [-0.05, 0) is 47.0 Å². The van der Waals surface area contributed by atoms with E-state index in [1.807, 2.05) is 42.5 Å². The molecule has 0 radical (unpaired) electrons. The van der Waals surface area contributed by atoms with E-state index in [0.29, 0.717) is 11.3 Å². The van der Waals surface area contributed by atoms with Gasteiger partial charge in [0.15, 0.2) is 0 Å². The number of hydrogen-bond acceptors (Lipinski definition) is 3. The Hall–Kier alpha value is -2.27. The molecule has 0 fully saturated rings. The van der Waals surface area contributed by atoms with Crippen LogP contribution in [0.1, 0.15) is 36.7 Å². The van der Waals surface area contributed by atoms with Crippen LogP contribution in [0.3, 0.4) is 0 Å². The first kappa shape index (κ1) is 19.1. The topological polar surface area (TPSA) is 49.4 Å². The molecule has 1 N–H and O–H groups in total. The zero-order valence-electron chi connectivity index (χ0n) is 15.3. The number of anilines is 1. The standard InChI is InChI=1S/C20H24N2O2S/c1-20(2,3)15-12-10-14(11-13-15)18(23)21-16-8-6-7-9-17(16)25-19(24)22(4)5/h6-13H,1-5H3,(H,21,23). The van der Waals surface area contributed by atoms with Gasteiger partial charge >= 0.3 is 0 Å². The van der Waals surface area contributed by atoms with Crippen LogP contribution in [0, 0.1) is 0 Å². The molecule has 0 aliphatic heterocycles. The maximum absolute atomic E-state index is 12.5. The van der Waals surface area contributed by atoms with Crippen LogP contribution in [-0.2, 0) is 5.41 Å². The fourth-order valence-electron chi connectivity index (χ4n) is 2.16. The molecule has 132 valence electrons. The van der Waals surface area contributed by atoms with E-state index in [0.717, 1.165) is 16.7 Å². The lowest BCUT2D eigenvalue weighted by Gasteiger charge is -2.19. The number of carbonyl (C=O) groups excluding carboxylic acids is 2. The number of benzene rings is 2. The zero-order chi connectivity index (χ0) is 18.6. The van der Waals surface area contributed by atoms with Crippen LogP contribution in [0.2, 0.25) is 0 Å². The Balaban J connectivity index is 2.17. The molecular weight excluding hydrogens is 332 g/mol. The van der Waals surface area contributed by atoms with E-state index >= 15 is 0 Å². The van der Waals surface area contributed by atoms with Gasteiger partial charge in [0.05, 0.1) is 5.69 Å². The summed E-state index contributed by atoms with van der Waals surface area (Å²) >= 11 is 1.09. The van der Waals surface area contributed by atoms with Gasteiger partial charge in [0, 0.05) is 24.6 Å². The molecule has 2 amide bonds. The first-order chi connectivity index (χ1) is 11.7. The number of hydrogen-bond donors (Lipinski definition) is 1. The third kappa shape index (κ3) is 5.10. The van der Waals surface area contributed by atoms with E-state index in [1.165, 1.54) is 10.5 Å². The second-order valence-electron chi connectivity index (χ2n) is 7.04. The van der Waals surface area contributed by atoms with Crippen molar-refractivity contribution in [3.63, 3.8) is 0 Å². The van der Waals surface area contributed by atoms with E-state index in [-0.39, 0.29) is 16.6 Å². The molecule has 0 atom stereocenters. The molecule has 2 aromatic carbocycles. The molecule has 2 aromatic rings. The van der Waals surface area contributed by atoms with Gasteiger partial charge < -0.3 is 10.2 Å². The summed E-state index contributed by atoms with van der Waals surface area (Å²) in [5.74, 6) is -0.189. The van der Waals surface area contributed by atoms with Crippen molar-refractivity contribution in [2.24, 2.45) is 0 Å². The summed E-state index contributed by atoms with van der Waals surface area (Å²) < 4.78 is 0. The van der Waals surface area contributed by atoms with Crippen molar-refractivity contribution in [1.29, 1.82) is 0 Å². The van der Waals surface area contributed by atoms with Gasteiger partial charge in [-0.25, -0.2) is 0 Å². The van der Waals surface area contributed by atoms with Crippen LogP contribution in [0.25, 0.3) is 0 Å². The molecule has 0 heterocycles. The summed E-state index contributed by atoms with van der Waals surface area (Å²) in [6.07, 6.45) is 0. The maximum atomic E-state index is 12.5. The monoisotopic (exact) mass is 356 g/mol. The zero-order valence-corrected chi connectivity index (χ0v) is 16.1. The van der Waals surface area contributed by atoms with Crippen LogP contribution in [-0.4, -0.2) is 30.1 Å². The van der Waals surface area contributed by atoms with Crippen molar-refractivity contribution in [1.82, 2.24) is 4.90 Å². The number of nitrogens with one attached hydrogen (secondary N) is 1. The Labute approximate surface area is 153 Å². The second kappa shape index (κ2) is 7.74.